The van der Waals surface area contributed by atoms with Crippen molar-refractivity contribution in [2.45, 2.75) is 6.92 Å². The molecule has 1 aromatic heterocycles. The van der Waals surface area contributed by atoms with Crippen LogP contribution in [-0.2, 0) is 0 Å². The molecule has 0 aliphatic rings. The Morgan fingerprint density at radius 3 is 2.48 bits per heavy atom. The van der Waals surface area contributed by atoms with Crippen LogP contribution in [0, 0.1) is 6.92 Å². The Bertz CT molecular complexity index is 1140. The number of amides is 2. The number of nitrogens with zero attached hydrogens (tertiary/aromatic N) is 1. The number of rotatable bonds is 3. The third kappa shape index (κ3) is 3.64. The summed E-state index contributed by atoms with van der Waals surface area (Å²) in [6.45, 7) is 1.94. The molecule has 0 aliphatic heterocycles. The first-order valence-electron chi connectivity index (χ1n) is 8.39. The van der Waals surface area contributed by atoms with Crippen molar-refractivity contribution in [3.63, 3.8) is 0 Å². The van der Waals surface area contributed by atoms with Gasteiger partial charge in [0.1, 0.15) is 5.52 Å². The van der Waals surface area contributed by atoms with Crippen LogP contribution in [0.4, 0.5) is 16.2 Å². The third-order valence-corrected chi connectivity index (χ3v) is 4.38. The Kier molecular flexibility index (Phi) is 4.52. The van der Waals surface area contributed by atoms with E-state index in [0.29, 0.717) is 33.3 Å². The van der Waals surface area contributed by atoms with Crippen molar-refractivity contribution >= 4 is 40.1 Å². The second-order valence-corrected chi connectivity index (χ2v) is 6.51. The molecule has 6 heteroatoms. The minimum absolute atomic E-state index is 0.337. The molecule has 2 amide bonds. The maximum Gasteiger partial charge on any atom is 0.323 e. The Labute approximate surface area is 161 Å². The molecular formula is C21H16ClN3O2. The van der Waals surface area contributed by atoms with Crippen molar-refractivity contribution in [3.8, 4) is 11.5 Å². The van der Waals surface area contributed by atoms with Crippen LogP contribution >= 0.6 is 11.6 Å². The van der Waals surface area contributed by atoms with E-state index < -0.39 is 0 Å². The number of nitrogens with one attached hydrogen (secondary N) is 2. The van der Waals surface area contributed by atoms with Gasteiger partial charge in [0.2, 0.25) is 5.89 Å². The summed E-state index contributed by atoms with van der Waals surface area (Å²) < 4.78 is 5.83. The fraction of sp³-hybridized carbons (Fsp3) is 0.0476. The van der Waals surface area contributed by atoms with E-state index in [0.717, 1.165) is 11.3 Å². The molecule has 134 valence electrons. The summed E-state index contributed by atoms with van der Waals surface area (Å²) >= 11 is 6.02. The minimum atomic E-state index is -0.337. The molecule has 0 spiro atoms. The number of aryl methyl sites for hydroxylation is 1. The van der Waals surface area contributed by atoms with E-state index in [2.05, 4.69) is 15.6 Å². The van der Waals surface area contributed by atoms with Crippen LogP contribution < -0.4 is 10.6 Å². The summed E-state index contributed by atoms with van der Waals surface area (Å²) in [6, 6.07) is 19.9. The molecule has 3 aromatic carbocycles. The van der Waals surface area contributed by atoms with Gasteiger partial charge in [0.15, 0.2) is 5.58 Å². The molecule has 0 unspecified atom stereocenters. The second kappa shape index (κ2) is 7.13. The lowest BCUT2D eigenvalue weighted by Crippen LogP contribution is -2.20. The van der Waals surface area contributed by atoms with Crippen molar-refractivity contribution < 1.29 is 9.21 Å². The summed E-state index contributed by atoms with van der Waals surface area (Å²) in [5.74, 6) is 0.416. The van der Waals surface area contributed by atoms with Crippen LogP contribution in [0.2, 0.25) is 5.02 Å². The number of aromatic nitrogens is 1. The lowest BCUT2D eigenvalue weighted by Gasteiger charge is -2.11. The van der Waals surface area contributed by atoms with Crippen LogP contribution in [0.25, 0.3) is 22.6 Å². The van der Waals surface area contributed by atoms with E-state index in [4.69, 9.17) is 16.0 Å². The van der Waals surface area contributed by atoms with Gasteiger partial charge in [0, 0.05) is 10.7 Å². The average molecular weight is 378 g/mol. The van der Waals surface area contributed by atoms with E-state index in [1.165, 1.54) is 0 Å². The average Bonchev–Trinajstić information content (AvgIpc) is 3.07. The van der Waals surface area contributed by atoms with Crippen LogP contribution in [0.3, 0.4) is 0 Å². The highest BCUT2D eigenvalue weighted by atomic mass is 35.5. The van der Waals surface area contributed by atoms with Crippen molar-refractivity contribution in [2.24, 2.45) is 0 Å². The lowest BCUT2D eigenvalue weighted by atomic mass is 10.1. The summed E-state index contributed by atoms with van der Waals surface area (Å²) in [6.07, 6.45) is 0. The fourth-order valence-corrected chi connectivity index (χ4v) is 2.95. The highest BCUT2D eigenvalue weighted by Gasteiger charge is 2.14. The smallest absolute Gasteiger partial charge is 0.323 e. The maximum absolute atomic E-state index is 12.4. The number of urea groups is 1. The summed E-state index contributed by atoms with van der Waals surface area (Å²) in [4.78, 5) is 16.9. The van der Waals surface area contributed by atoms with Gasteiger partial charge in [-0.15, -0.1) is 0 Å². The number of anilines is 2. The standard InChI is InChI=1S/C21H16ClN3O2/c1-13-6-2-4-8-16(13)24-21(26)25-17-9-5-3-7-15(17)20-23-18-12-14(22)10-11-19(18)27-20/h2-12H,1H3,(H2,24,25,26). The second-order valence-electron chi connectivity index (χ2n) is 6.07. The number of benzene rings is 3. The van der Waals surface area contributed by atoms with Gasteiger partial charge in [-0.25, -0.2) is 9.78 Å². The highest BCUT2D eigenvalue weighted by Crippen LogP contribution is 2.31. The molecule has 1 heterocycles. The first-order valence-corrected chi connectivity index (χ1v) is 8.77. The highest BCUT2D eigenvalue weighted by molar-refractivity contribution is 6.31. The van der Waals surface area contributed by atoms with Crippen LogP contribution in [0.1, 0.15) is 5.56 Å². The van der Waals surface area contributed by atoms with E-state index >= 15 is 0 Å². The van der Waals surface area contributed by atoms with Gasteiger partial charge in [0.05, 0.1) is 11.3 Å². The molecule has 27 heavy (non-hydrogen) atoms. The molecule has 0 aliphatic carbocycles. The van der Waals surface area contributed by atoms with Crippen molar-refractivity contribution in [2.75, 3.05) is 10.6 Å². The van der Waals surface area contributed by atoms with E-state index in [1.807, 2.05) is 49.4 Å². The number of carbonyl (C=O) groups excluding carboxylic acids is 1. The Hall–Kier alpha value is -3.31. The topological polar surface area (TPSA) is 67.2 Å². The predicted octanol–water partition coefficient (Wildman–Crippen LogP) is 6.10. The van der Waals surface area contributed by atoms with Gasteiger partial charge < -0.3 is 15.1 Å². The Morgan fingerprint density at radius 2 is 1.67 bits per heavy atom. The van der Waals surface area contributed by atoms with Gasteiger partial charge >= 0.3 is 6.03 Å². The Morgan fingerprint density at radius 1 is 0.963 bits per heavy atom. The molecule has 0 atom stereocenters. The maximum atomic E-state index is 12.4. The molecule has 4 aromatic rings. The first kappa shape index (κ1) is 17.1. The number of oxazole rings is 1. The zero-order valence-corrected chi connectivity index (χ0v) is 15.2. The van der Waals surface area contributed by atoms with E-state index in [9.17, 15) is 4.79 Å². The monoisotopic (exact) mass is 377 g/mol. The lowest BCUT2D eigenvalue weighted by molar-refractivity contribution is 0.262. The SMILES string of the molecule is Cc1ccccc1NC(=O)Nc1ccccc1-c1nc2cc(Cl)ccc2o1. The zero-order valence-electron chi connectivity index (χ0n) is 14.5. The molecule has 0 saturated carbocycles. The first-order chi connectivity index (χ1) is 13.1. The zero-order chi connectivity index (χ0) is 18.8. The molecule has 4 rings (SSSR count). The normalized spacial score (nSPS) is 10.7. The van der Waals surface area contributed by atoms with Gasteiger partial charge in [-0.05, 0) is 48.9 Å². The molecule has 5 nitrogen and oxygen atoms in total. The van der Waals surface area contributed by atoms with Crippen LogP contribution in [-0.4, -0.2) is 11.0 Å². The summed E-state index contributed by atoms with van der Waals surface area (Å²) in [5.41, 5.74) is 4.32. The van der Waals surface area contributed by atoms with Crippen LogP contribution in [0.15, 0.2) is 71.1 Å². The van der Waals surface area contributed by atoms with Crippen molar-refractivity contribution in [1.29, 1.82) is 0 Å². The molecule has 0 fully saturated rings. The van der Waals surface area contributed by atoms with E-state index in [-0.39, 0.29) is 6.03 Å². The third-order valence-electron chi connectivity index (χ3n) is 4.15. The molecule has 0 saturated heterocycles. The molecule has 0 radical (unpaired) electrons. The number of fused-ring (bicyclic) bond motifs is 1. The molecule has 0 bridgehead atoms. The van der Waals surface area contributed by atoms with Gasteiger partial charge in [-0.3, -0.25) is 0 Å². The minimum Gasteiger partial charge on any atom is -0.436 e. The van der Waals surface area contributed by atoms with E-state index in [1.54, 1.807) is 24.3 Å². The van der Waals surface area contributed by atoms with Crippen molar-refractivity contribution in [3.05, 3.63) is 77.3 Å². The number of hydrogen-bond acceptors (Lipinski definition) is 3. The molecule has 2 N–H and O–H groups in total. The van der Waals surface area contributed by atoms with Gasteiger partial charge in [-0.1, -0.05) is 41.9 Å². The fourth-order valence-electron chi connectivity index (χ4n) is 2.78. The van der Waals surface area contributed by atoms with Gasteiger partial charge in [-0.2, -0.15) is 0 Å². The number of carbonyl (C=O) groups is 1. The number of halogens is 1. The summed E-state index contributed by atoms with van der Waals surface area (Å²) in [7, 11) is 0. The number of para-hydroxylation sites is 2. The summed E-state index contributed by atoms with van der Waals surface area (Å²) in [5, 5.41) is 6.31. The largest absolute Gasteiger partial charge is 0.436 e. The number of hydrogen-bond donors (Lipinski definition) is 2. The predicted molar refractivity (Wildman–Crippen MR) is 108 cm³/mol. The van der Waals surface area contributed by atoms with Crippen molar-refractivity contribution in [1.82, 2.24) is 4.98 Å². The quantitative estimate of drug-likeness (QED) is 0.453. The van der Waals surface area contributed by atoms with Crippen LogP contribution in [0.5, 0.6) is 0 Å². The van der Waals surface area contributed by atoms with Gasteiger partial charge in [0.25, 0.3) is 0 Å². The molecular weight excluding hydrogens is 362 g/mol. The Balaban J connectivity index is 1.62.